The Morgan fingerprint density at radius 1 is 1.41 bits per heavy atom. The van der Waals surface area contributed by atoms with Gasteiger partial charge in [-0.2, -0.15) is 5.10 Å². The number of carbonyl (C=O) groups is 2. The smallest absolute Gasteiger partial charge is 0.252 e. The van der Waals surface area contributed by atoms with Gasteiger partial charge in [-0.1, -0.05) is 0 Å². The highest BCUT2D eigenvalue weighted by atomic mass is 16.2. The summed E-state index contributed by atoms with van der Waals surface area (Å²) in [5.74, 6) is 0.0673. The molecule has 3 rings (SSSR count). The van der Waals surface area contributed by atoms with Gasteiger partial charge in [0.2, 0.25) is 5.91 Å². The number of pyridine rings is 1. The number of rotatable bonds is 3. The first-order valence-electron chi connectivity index (χ1n) is 7.13. The van der Waals surface area contributed by atoms with E-state index in [2.05, 4.69) is 25.7 Å². The molecule has 1 aliphatic rings. The van der Waals surface area contributed by atoms with Gasteiger partial charge < -0.3 is 10.6 Å². The summed E-state index contributed by atoms with van der Waals surface area (Å²) in [4.78, 5) is 32.2. The lowest BCUT2D eigenvalue weighted by molar-refractivity contribution is -0.122. The first-order valence-corrected chi connectivity index (χ1v) is 7.13. The average molecular weight is 300 g/mol. The number of aromatic nitrogens is 4. The molecule has 2 amide bonds. The lowest BCUT2D eigenvalue weighted by Crippen LogP contribution is -2.45. The van der Waals surface area contributed by atoms with Crippen LogP contribution in [0.2, 0.25) is 0 Å². The Labute approximate surface area is 127 Å². The van der Waals surface area contributed by atoms with Crippen molar-refractivity contribution in [2.45, 2.75) is 25.3 Å². The number of hydrogen-bond acceptors (Lipinski definition) is 5. The Hall–Kier alpha value is -2.77. The van der Waals surface area contributed by atoms with Gasteiger partial charge in [-0.15, -0.1) is 0 Å². The summed E-state index contributed by atoms with van der Waals surface area (Å²) in [6.07, 6.45) is 6.92. The van der Waals surface area contributed by atoms with Gasteiger partial charge in [0.25, 0.3) is 5.91 Å². The fourth-order valence-corrected chi connectivity index (χ4v) is 2.33. The fourth-order valence-electron chi connectivity index (χ4n) is 2.33. The van der Waals surface area contributed by atoms with Crippen LogP contribution in [0.1, 0.15) is 29.6 Å². The molecule has 0 aromatic carbocycles. The number of carbonyl (C=O) groups excluding carboxylic acids is 2. The molecule has 0 spiro atoms. The van der Waals surface area contributed by atoms with Crippen LogP contribution in [0, 0.1) is 0 Å². The van der Waals surface area contributed by atoms with Crippen LogP contribution in [0.4, 0.5) is 0 Å². The molecule has 2 N–H and O–H groups in total. The summed E-state index contributed by atoms with van der Waals surface area (Å²) in [5, 5.41) is 9.54. The molecule has 0 bridgehead atoms. The zero-order chi connectivity index (χ0) is 15.4. The highest BCUT2D eigenvalue weighted by Crippen LogP contribution is 2.09. The topological polar surface area (TPSA) is 102 Å². The lowest BCUT2D eigenvalue weighted by Gasteiger charge is -2.15. The molecule has 1 saturated heterocycles. The van der Waals surface area contributed by atoms with Crippen LogP contribution in [-0.4, -0.2) is 44.1 Å². The van der Waals surface area contributed by atoms with E-state index < -0.39 is 6.04 Å². The van der Waals surface area contributed by atoms with Crippen molar-refractivity contribution >= 4 is 11.8 Å². The van der Waals surface area contributed by atoms with Crippen molar-refractivity contribution in [3.8, 4) is 5.82 Å². The molecular weight excluding hydrogens is 284 g/mol. The maximum Gasteiger partial charge on any atom is 0.252 e. The van der Waals surface area contributed by atoms with E-state index in [1.54, 1.807) is 12.1 Å². The van der Waals surface area contributed by atoms with Crippen LogP contribution < -0.4 is 10.6 Å². The van der Waals surface area contributed by atoms with Gasteiger partial charge in [-0.25, -0.2) is 14.6 Å². The van der Waals surface area contributed by atoms with Crippen molar-refractivity contribution < 1.29 is 9.59 Å². The van der Waals surface area contributed by atoms with Gasteiger partial charge in [0.05, 0.1) is 0 Å². The largest absolute Gasteiger partial charge is 0.354 e. The van der Waals surface area contributed by atoms with Crippen molar-refractivity contribution in [3.63, 3.8) is 0 Å². The number of nitrogens with zero attached hydrogens (tertiary/aromatic N) is 4. The van der Waals surface area contributed by atoms with Crippen molar-refractivity contribution in [1.29, 1.82) is 0 Å². The van der Waals surface area contributed by atoms with Gasteiger partial charge in [0, 0.05) is 18.3 Å². The standard InChI is InChI=1S/C14H16N6O2/c21-13(19-11-3-1-2-5-17-14(11)22)10-4-6-16-12(7-10)20-9-15-8-18-20/h4,6-9,11H,1-3,5H2,(H,17,22)(H,19,21)/t11-/m1/s1. The van der Waals surface area contributed by atoms with Gasteiger partial charge in [0.15, 0.2) is 5.82 Å². The summed E-state index contributed by atoms with van der Waals surface area (Å²) in [5.41, 5.74) is 0.428. The number of nitrogens with one attached hydrogen (secondary N) is 2. The molecule has 2 aromatic rings. The summed E-state index contributed by atoms with van der Waals surface area (Å²) >= 11 is 0. The van der Waals surface area contributed by atoms with E-state index in [1.165, 1.54) is 23.5 Å². The molecule has 3 heterocycles. The average Bonchev–Trinajstić information content (AvgIpc) is 3.00. The minimum Gasteiger partial charge on any atom is -0.354 e. The molecule has 1 atom stereocenters. The Bertz CT molecular complexity index is 670. The summed E-state index contributed by atoms with van der Waals surface area (Å²) in [6, 6.07) is 2.72. The summed E-state index contributed by atoms with van der Waals surface area (Å²) < 4.78 is 1.47. The molecule has 1 fully saturated rings. The second-order valence-electron chi connectivity index (χ2n) is 5.06. The normalized spacial score (nSPS) is 18.4. The predicted molar refractivity (Wildman–Crippen MR) is 77.3 cm³/mol. The Morgan fingerprint density at radius 3 is 3.14 bits per heavy atom. The summed E-state index contributed by atoms with van der Waals surface area (Å²) in [6.45, 7) is 0.664. The number of hydrogen-bond donors (Lipinski definition) is 2. The molecule has 2 aromatic heterocycles. The molecule has 8 heteroatoms. The van der Waals surface area contributed by atoms with Crippen LogP contribution in [0.5, 0.6) is 0 Å². The quantitative estimate of drug-likeness (QED) is 0.834. The minimum absolute atomic E-state index is 0.128. The lowest BCUT2D eigenvalue weighted by atomic mass is 10.1. The van der Waals surface area contributed by atoms with E-state index in [9.17, 15) is 9.59 Å². The molecular formula is C14H16N6O2. The number of amides is 2. The van der Waals surface area contributed by atoms with Crippen LogP contribution in [-0.2, 0) is 4.79 Å². The van der Waals surface area contributed by atoms with E-state index in [4.69, 9.17) is 0 Å². The Balaban J connectivity index is 1.74. The zero-order valence-corrected chi connectivity index (χ0v) is 11.9. The maximum atomic E-state index is 12.3. The van der Waals surface area contributed by atoms with Crippen molar-refractivity contribution in [1.82, 2.24) is 30.4 Å². The first-order chi connectivity index (χ1) is 10.7. The molecule has 0 saturated carbocycles. The van der Waals surface area contributed by atoms with E-state index in [0.717, 1.165) is 12.8 Å². The molecule has 0 aliphatic carbocycles. The third-order valence-corrected chi connectivity index (χ3v) is 3.50. The van der Waals surface area contributed by atoms with Gasteiger partial charge in [-0.3, -0.25) is 9.59 Å². The predicted octanol–water partition coefficient (Wildman–Crippen LogP) is 0.0608. The highest BCUT2D eigenvalue weighted by molar-refractivity contribution is 5.97. The van der Waals surface area contributed by atoms with E-state index in [0.29, 0.717) is 24.3 Å². The van der Waals surface area contributed by atoms with E-state index in [-0.39, 0.29) is 11.8 Å². The molecule has 0 unspecified atom stereocenters. The van der Waals surface area contributed by atoms with Crippen LogP contribution >= 0.6 is 0 Å². The SMILES string of the molecule is O=C(N[C@@H]1CCCCNC1=O)c1ccnc(-n2cncn2)c1. The first kappa shape index (κ1) is 14.2. The monoisotopic (exact) mass is 300 g/mol. The fraction of sp³-hybridized carbons (Fsp3) is 0.357. The zero-order valence-electron chi connectivity index (χ0n) is 11.9. The Morgan fingerprint density at radius 2 is 2.32 bits per heavy atom. The third-order valence-electron chi connectivity index (χ3n) is 3.50. The van der Waals surface area contributed by atoms with E-state index >= 15 is 0 Å². The van der Waals surface area contributed by atoms with Crippen molar-refractivity contribution in [2.24, 2.45) is 0 Å². The molecule has 114 valence electrons. The molecule has 0 radical (unpaired) electrons. The highest BCUT2D eigenvalue weighted by Gasteiger charge is 2.23. The van der Waals surface area contributed by atoms with Gasteiger partial charge in [-0.05, 0) is 31.4 Å². The second kappa shape index (κ2) is 6.33. The van der Waals surface area contributed by atoms with Crippen molar-refractivity contribution in [3.05, 3.63) is 36.5 Å². The van der Waals surface area contributed by atoms with E-state index in [1.807, 2.05) is 0 Å². The third kappa shape index (κ3) is 3.11. The van der Waals surface area contributed by atoms with Crippen LogP contribution in [0.25, 0.3) is 5.82 Å². The molecule has 1 aliphatic heterocycles. The van der Waals surface area contributed by atoms with Crippen molar-refractivity contribution in [2.75, 3.05) is 6.54 Å². The van der Waals surface area contributed by atoms with Crippen LogP contribution in [0.15, 0.2) is 31.0 Å². The van der Waals surface area contributed by atoms with Gasteiger partial charge >= 0.3 is 0 Å². The minimum atomic E-state index is -0.488. The molecule has 8 nitrogen and oxygen atoms in total. The second-order valence-corrected chi connectivity index (χ2v) is 5.06. The maximum absolute atomic E-state index is 12.3. The van der Waals surface area contributed by atoms with Crippen LogP contribution in [0.3, 0.4) is 0 Å². The van der Waals surface area contributed by atoms with Gasteiger partial charge in [0.1, 0.15) is 18.7 Å². The molecule has 22 heavy (non-hydrogen) atoms. The Kier molecular flexibility index (Phi) is 4.08. The summed E-state index contributed by atoms with van der Waals surface area (Å²) in [7, 11) is 0.